The average Bonchev–Trinajstić information content (AvgIpc) is 3.34. The molecule has 0 saturated heterocycles. The Hall–Kier alpha value is -2.83. The molecule has 3 heterocycles. The maximum atomic E-state index is 12.4. The van der Waals surface area contributed by atoms with Gasteiger partial charge in [0.05, 0.1) is 7.11 Å². The van der Waals surface area contributed by atoms with Crippen LogP contribution in [0.3, 0.4) is 0 Å². The summed E-state index contributed by atoms with van der Waals surface area (Å²) in [6.45, 7) is 2.25. The van der Waals surface area contributed by atoms with Crippen molar-refractivity contribution in [1.82, 2.24) is 24.2 Å². The highest BCUT2D eigenvalue weighted by Crippen LogP contribution is 2.22. The van der Waals surface area contributed by atoms with Crippen molar-refractivity contribution in [2.75, 3.05) is 25.5 Å². The highest BCUT2D eigenvalue weighted by Gasteiger charge is 2.24. The number of rotatable bonds is 8. The Kier molecular flexibility index (Phi) is 6.02. The first-order valence-corrected chi connectivity index (χ1v) is 10.5. The fourth-order valence-corrected chi connectivity index (χ4v) is 4.76. The second-order valence-corrected chi connectivity index (χ2v) is 8.19. The van der Waals surface area contributed by atoms with Crippen LogP contribution >= 0.6 is 11.3 Å². The van der Waals surface area contributed by atoms with Gasteiger partial charge in [-0.05, 0) is 18.4 Å². The largest absolute Gasteiger partial charge is 0.465 e. The zero-order chi connectivity index (χ0) is 20.1. The fourth-order valence-electron chi connectivity index (χ4n) is 2.40. The zero-order valence-electron chi connectivity index (χ0n) is 15.1. The van der Waals surface area contributed by atoms with E-state index in [0.717, 1.165) is 17.2 Å². The number of methoxy groups -OCH3 is 1. The first kappa shape index (κ1) is 19.9. The molecule has 0 aliphatic carbocycles. The molecule has 10 nitrogen and oxygen atoms in total. The predicted octanol–water partition coefficient (Wildman–Crippen LogP) is 1.21. The quantitative estimate of drug-likeness (QED) is 0.409. The number of thiophene rings is 1. The van der Waals surface area contributed by atoms with Gasteiger partial charge in [-0.25, -0.2) is 32.9 Å². The van der Waals surface area contributed by atoms with Crippen molar-refractivity contribution < 1.29 is 17.9 Å². The minimum Gasteiger partial charge on any atom is -0.465 e. The molecule has 3 rings (SSSR count). The summed E-state index contributed by atoms with van der Waals surface area (Å²) in [7, 11) is -2.63. The van der Waals surface area contributed by atoms with Gasteiger partial charge in [0, 0.05) is 31.5 Å². The van der Waals surface area contributed by atoms with Gasteiger partial charge in [-0.3, -0.25) is 4.57 Å². The topological polar surface area (TPSA) is 128 Å². The molecule has 0 aromatic carbocycles. The molecule has 3 aromatic rings. The van der Waals surface area contributed by atoms with E-state index in [-0.39, 0.29) is 22.9 Å². The van der Waals surface area contributed by atoms with E-state index in [1.807, 2.05) is 6.92 Å². The van der Waals surface area contributed by atoms with Gasteiger partial charge < -0.3 is 10.1 Å². The van der Waals surface area contributed by atoms with Crippen molar-refractivity contribution in [1.29, 1.82) is 0 Å². The van der Waals surface area contributed by atoms with Crippen molar-refractivity contribution in [2.24, 2.45) is 0 Å². The lowest BCUT2D eigenvalue weighted by molar-refractivity contribution is 0.0602. The van der Waals surface area contributed by atoms with Crippen LogP contribution in [0.1, 0.15) is 15.5 Å². The van der Waals surface area contributed by atoms with Crippen LogP contribution in [0, 0.1) is 6.92 Å². The number of aromatic nitrogens is 4. The number of esters is 1. The monoisotopic (exact) mass is 422 g/mol. The first-order valence-electron chi connectivity index (χ1n) is 8.14. The van der Waals surface area contributed by atoms with Crippen LogP contribution in [-0.2, 0) is 14.8 Å². The van der Waals surface area contributed by atoms with Crippen molar-refractivity contribution in [2.45, 2.75) is 11.8 Å². The summed E-state index contributed by atoms with van der Waals surface area (Å²) in [5, 5.41) is 4.56. The third-order valence-corrected chi connectivity index (χ3v) is 6.26. The summed E-state index contributed by atoms with van der Waals surface area (Å²) in [5.74, 6) is 1.29. The number of imidazole rings is 1. The highest BCUT2D eigenvalue weighted by atomic mass is 32.2. The third-order valence-electron chi connectivity index (χ3n) is 3.74. The van der Waals surface area contributed by atoms with Gasteiger partial charge in [-0.15, -0.1) is 11.3 Å². The molecule has 0 unspecified atom stereocenters. The summed E-state index contributed by atoms with van der Waals surface area (Å²) >= 11 is 1.01. The van der Waals surface area contributed by atoms with E-state index in [0.29, 0.717) is 11.6 Å². The smallest absolute Gasteiger partial charge is 0.349 e. The van der Waals surface area contributed by atoms with Crippen molar-refractivity contribution in [3.8, 4) is 5.82 Å². The van der Waals surface area contributed by atoms with Gasteiger partial charge in [0.15, 0.2) is 0 Å². The Balaban J connectivity index is 1.60. The molecule has 2 N–H and O–H groups in total. The molecule has 0 fully saturated rings. The van der Waals surface area contributed by atoms with E-state index in [4.69, 9.17) is 0 Å². The number of ether oxygens (including phenoxy) is 1. The van der Waals surface area contributed by atoms with Crippen LogP contribution in [0.2, 0.25) is 0 Å². The minimum absolute atomic E-state index is 0.0408. The zero-order valence-corrected chi connectivity index (χ0v) is 16.7. The molecule has 0 saturated carbocycles. The molecule has 148 valence electrons. The Morgan fingerprint density at radius 2 is 2.11 bits per heavy atom. The van der Waals surface area contributed by atoms with Gasteiger partial charge in [0.1, 0.15) is 33.6 Å². The number of hydrogen-bond donors (Lipinski definition) is 2. The molecule has 0 radical (unpaired) electrons. The highest BCUT2D eigenvalue weighted by molar-refractivity contribution is 7.89. The van der Waals surface area contributed by atoms with E-state index < -0.39 is 16.0 Å². The van der Waals surface area contributed by atoms with E-state index in [1.165, 1.54) is 24.9 Å². The van der Waals surface area contributed by atoms with Crippen LogP contribution in [-0.4, -0.2) is 54.1 Å². The SMILES string of the molecule is COC(=O)c1sccc1S(=O)(=O)NCCNc1cc(-n2ccnc2C)ncn1. The summed E-state index contributed by atoms with van der Waals surface area (Å²) in [4.78, 5) is 24.1. The van der Waals surface area contributed by atoms with E-state index >= 15 is 0 Å². The molecule has 0 aliphatic heterocycles. The number of hydrogen-bond acceptors (Lipinski definition) is 9. The number of nitrogens with one attached hydrogen (secondary N) is 2. The molecular formula is C16H18N6O4S2. The Morgan fingerprint density at radius 1 is 1.29 bits per heavy atom. The van der Waals surface area contributed by atoms with Crippen molar-refractivity contribution >= 4 is 33.1 Å². The van der Waals surface area contributed by atoms with Crippen LogP contribution < -0.4 is 10.0 Å². The number of nitrogens with zero attached hydrogens (tertiary/aromatic N) is 4. The van der Waals surface area contributed by atoms with Gasteiger partial charge in [0.25, 0.3) is 0 Å². The van der Waals surface area contributed by atoms with E-state index in [1.54, 1.807) is 23.0 Å². The van der Waals surface area contributed by atoms with Gasteiger partial charge in [0.2, 0.25) is 10.0 Å². The standard InChI is InChI=1S/C16H18N6O4S2/c1-11-17-6-7-22(11)14-9-13(19-10-20-14)18-4-5-21-28(24,25)12-3-8-27-15(12)16(23)26-2/h3,6-10,21H,4-5H2,1-2H3,(H,18,19,20). The van der Waals surface area contributed by atoms with Crippen molar-refractivity contribution in [3.05, 3.63) is 46.9 Å². The molecule has 28 heavy (non-hydrogen) atoms. The normalized spacial score (nSPS) is 11.4. The average molecular weight is 422 g/mol. The lowest BCUT2D eigenvalue weighted by Gasteiger charge is -2.10. The number of aryl methyl sites for hydroxylation is 1. The number of sulfonamides is 1. The molecule has 0 bridgehead atoms. The summed E-state index contributed by atoms with van der Waals surface area (Å²) < 4.78 is 33.7. The van der Waals surface area contributed by atoms with Crippen molar-refractivity contribution in [3.63, 3.8) is 0 Å². The third kappa shape index (κ3) is 4.35. The van der Waals surface area contributed by atoms with E-state index in [2.05, 4.69) is 29.7 Å². The van der Waals surface area contributed by atoms with Crippen LogP contribution in [0.4, 0.5) is 5.82 Å². The van der Waals surface area contributed by atoms with E-state index in [9.17, 15) is 13.2 Å². The molecule has 12 heteroatoms. The molecule has 0 amide bonds. The maximum Gasteiger partial charge on any atom is 0.349 e. The molecule has 3 aromatic heterocycles. The number of anilines is 1. The molecule has 0 atom stereocenters. The molecular weight excluding hydrogens is 404 g/mol. The lowest BCUT2D eigenvalue weighted by atomic mass is 10.5. The predicted molar refractivity (Wildman–Crippen MR) is 103 cm³/mol. The number of carbonyl (C=O) groups is 1. The van der Waals surface area contributed by atoms with Crippen LogP contribution in [0.25, 0.3) is 5.82 Å². The summed E-state index contributed by atoms with van der Waals surface area (Å²) in [6, 6.07) is 3.11. The maximum absolute atomic E-state index is 12.4. The Labute approximate surface area is 165 Å². The van der Waals surface area contributed by atoms with Gasteiger partial charge in [-0.2, -0.15) is 0 Å². The lowest BCUT2D eigenvalue weighted by Crippen LogP contribution is -2.29. The fraction of sp³-hybridized carbons (Fsp3) is 0.250. The molecule has 0 aliphatic rings. The second-order valence-electron chi connectivity index (χ2n) is 5.54. The molecule has 0 spiro atoms. The van der Waals surface area contributed by atoms with Gasteiger partial charge in [-0.1, -0.05) is 0 Å². The Bertz CT molecular complexity index is 1080. The van der Waals surface area contributed by atoms with Crippen LogP contribution in [0.15, 0.2) is 41.1 Å². The minimum atomic E-state index is -3.83. The summed E-state index contributed by atoms with van der Waals surface area (Å²) in [5.41, 5.74) is 0. The second kappa shape index (κ2) is 8.46. The van der Waals surface area contributed by atoms with Gasteiger partial charge >= 0.3 is 5.97 Å². The Morgan fingerprint density at radius 3 is 2.82 bits per heavy atom. The summed E-state index contributed by atoms with van der Waals surface area (Å²) in [6.07, 6.45) is 4.87. The first-order chi connectivity index (χ1) is 13.4. The number of carbonyl (C=O) groups excluding carboxylic acids is 1. The van der Waals surface area contributed by atoms with Crippen LogP contribution in [0.5, 0.6) is 0 Å².